The Morgan fingerprint density at radius 3 is 2.52 bits per heavy atom. The third-order valence-electron chi connectivity index (χ3n) is 3.82. The molecule has 1 saturated heterocycles. The zero-order valence-electron chi connectivity index (χ0n) is 12.0. The van der Waals surface area contributed by atoms with Crippen LogP contribution in [-0.4, -0.2) is 11.8 Å². The summed E-state index contributed by atoms with van der Waals surface area (Å²) in [5.41, 5.74) is 2.94. The van der Waals surface area contributed by atoms with Crippen molar-refractivity contribution in [1.29, 1.82) is 0 Å². The van der Waals surface area contributed by atoms with E-state index in [0.29, 0.717) is 18.5 Å². The first-order valence-electron chi connectivity index (χ1n) is 7.12. The second kappa shape index (κ2) is 5.52. The molecule has 106 valence electrons. The average molecular weight is 279 g/mol. The van der Waals surface area contributed by atoms with Crippen LogP contribution in [0.2, 0.25) is 0 Å². The molecule has 2 aromatic rings. The normalized spacial score (nSPS) is 18.3. The first-order chi connectivity index (χ1) is 10.1. The number of benzene rings is 2. The Kier molecular flexibility index (Phi) is 3.57. The first-order valence-corrected chi connectivity index (χ1v) is 7.12. The summed E-state index contributed by atoms with van der Waals surface area (Å²) in [5.74, 6) is -0.448. The van der Waals surface area contributed by atoms with Crippen LogP contribution in [-0.2, 0) is 16.0 Å². The van der Waals surface area contributed by atoms with Crippen molar-refractivity contribution < 1.29 is 9.59 Å². The van der Waals surface area contributed by atoms with Crippen LogP contribution in [0.3, 0.4) is 0 Å². The average Bonchev–Trinajstić information content (AvgIpc) is 2.74. The fraction of sp³-hybridized carbons (Fsp3) is 0.222. The number of amides is 2. The van der Waals surface area contributed by atoms with E-state index in [-0.39, 0.29) is 17.7 Å². The van der Waals surface area contributed by atoms with Gasteiger partial charge in [-0.25, -0.2) is 0 Å². The highest BCUT2D eigenvalue weighted by molar-refractivity contribution is 6.20. The van der Waals surface area contributed by atoms with E-state index in [2.05, 4.69) is 6.07 Å². The summed E-state index contributed by atoms with van der Waals surface area (Å²) >= 11 is 0. The fourth-order valence-electron chi connectivity index (χ4n) is 2.83. The Morgan fingerprint density at radius 2 is 1.81 bits per heavy atom. The molecule has 2 amide bonds. The van der Waals surface area contributed by atoms with Crippen molar-refractivity contribution >= 4 is 17.5 Å². The molecule has 0 aliphatic carbocycles. The molecule has 3 nitrogen and oxygen atoms in total. The molecular weight excluding hydrogens is 262 g/mol. The van der Waals surface area contributed by atoms with Crippen LogP contribution < -0.4 is 4.90 Å². The molecule has 2 aromatic carbocycles. The van der Waals surface area contributed by atoms with E-state index in [4.69, 9.17) is 0 Å². The lowest BCUT2D eigenvalue weighted by Crippen LogP contribution is -2.30. The molecule has 3 rings (SSSR count). The van der Waals surface area contributed by atoms with Gasteiger partial charge in [-0.15, -0.1) is 0 Å². The van der Waals surface area contributed by atoms with Crippen LogP contribution in [0.4, 0.5) is 5.69 Å². The number of carbonyl (C=O) groups excluding carboxylic acids is 2. The minimum absolute atomic E-state index is 0.0901. The standard InChI is InChI=1S/C18H17NO2/c1-13-6-5-7-14(10-13)11-15-12-17(20)19(18(15)21)16-8-3-2-4-9-16/h2-10,15H,11-12H2,1H3/t15-/m1/s1. The predicted molar refractivity (Wildman–Crippen MR) is 81.9 cm³/mol. The molecule has 0 radical (unpaired) electrons. The van der Waals surface area contributed by atoms with E-state index in [1.165, 1.54) is 10.5 Å². The van der Waals surface area contributed by atoms with Gasteiger partial charge in [0, 0.05) is 6.42 Å². The van der Waals surface area contributed by atoms with Crippen molar-refractivity contribution in [3.8, 4) is 0 Å². The summed E-state index contributed by atoms with van der Waals surface area (Å²) < 4.78 is 0. The molecule has 0 spiro atoms. The maximum Gasteiger partial charge on any atom is 0.237 e. The first kappa shape index (κ1) is 13.6. The minimum Gasteiger partial charge on any atom is -0.274 e. The van der Waals surface area contributed by atoms with E-state index in [1.54, 1.807) is 12.1 Å². The van der Waals surface area contributed by atoms with Crippen molar-refractivity contribution in [1.82, 2.24) is 0 Å². The Morgan fingerprint density at radius 1 is 1.05 bits per heavy atom. The van der Waals surface area contributed by atoms with Crippen molar-refractivity contribution in [2.45, 2.75) is 19.8 Å². The zero-order valence-corrected chi connectivity index (χ0v) is 12.0. The summed E-state index contributed by atoms with van der Waals surface area (Å²) in [6.07, 6.45) is 0.914. The smallest absolute Gasteiger partial charge is 0.237 e. The highest BCUT2D eigenvalue weighted by atomic mass is 16.2. The van der Waals surface area contributed by atoms with Gasteiger partial charge in [0.2, 0.25) is 11.8 Å². The molecule has 0 N–H and O–H groups in total. The summed E-state index contributed by atoms with van der Waals surface area (Å²) in [4.78, 5) is 26.0. The molecule has 1 aliphatic rings. The van der Waals surface area contributed by atoms with Crippen LogP contribution in [0.15, 0.2) is 54.6 Å². The highest BCUT2D eigenvalue weighted by Gasteiger charge is 2.39. The Bertz CT molecular complexity index is 679. The number of anilines is 1. The van der Waals surface area contributed by atoms with Crippen LogP contribution in [0.25, 0.3) is 0 Å². The third kappa shape index (κ3) is 2.72. The third-order valence-corrected chi connectivity index (χ3v) is 3.82. The monoisotopic (exact) mass is 279 g/mol. The lowest BCUT2D eigenvalue weighted by molar-refractivity contribution is -0.122. The molecular formula is C18H17NO2. The molecule has 1 heterocycles. The van der Waals surface area contributed by atoms with Crippen molar-refractivity contribution in [2.75, 3.05) is 4.90 Å². The number of hydrogen-bond acceptors (Lipinski definition) is 2. The molecule has 1 aliphatic heterocycles. The van der Waals surface area contributed by atoms with Gasteiger partial charge >= 0.3 is 0 Å². The highest BCUT2D eigenvalue weighted by Crippen LogP contribution is 2.28. The molecule has 0 aromatic heterocycles. The maximum atomic E-state index is 12.5. The molecule has 0 unspecified atom stereocenters. The Balaban J connectivity index is 1.81. The number of imide groups is 1. The van der Waals surface area contributed by atoms with Gasteiger partial charge in [-0.1, -0.05) is 48.0 Å². The van der Waals surface area contributed by atoms with Gasteiger partial charge in [-0.3, -0.25) is 14.5 Å². The lowest BCUT2D eigenvalue weighted by atomic mass is 9.97. The van der Waals surface area contributed by atoms with E-state index < -0.39 is 0 Å². The molecule has 3 heteroatoms. The zero-order chi connectivity index (χ0) is 14.8. The second-order valence-corrected chi connectivity index (χ2v) is 5.50. The number of aryl methyl sites for hydroxylation is 1. The summed E-state index contributed by atoms with van der Waals surface area (Å²) in [5, 5.41) is 0. The largest absolute Gasteiger partial charge is 0.274 e. The lowest BCUT2D eigenvalue weighted by Gasteiger charge is -2.15. The number of rotatable bonds is 3. The number of carbonyl (C=O) groups is 2. The molecule has 1 atom stereocenters. The van der Waals surface area contributed by atoms with Gasteiger partial charge in [0.25, 0.3) is 0 Å². The summed E-state index contributed by atoms with van der Waals surface area (Å²) in [6, 6.07) is 17.2. The van der Waals surface area contributed by atoms with Crippen molar-refractivity contribution in [2.24, 2.45) is 5.92 Å². The second-order valence-electron chi connectivity index (χ2n) is 5.50. The van der Waals surface area contributed by atoms with Crippen LogP contribution in [0, 0.1) is 12.8 Å². The van der Waals surface area contributed by atoms with Crippen molar-refractivity contribution in [3.05, 3.63) is 65.7 Å². The van der Waals surface area contributed by atoms with Gasteiger partial charge in [0.15, 0.2) is 0 Å². The molecule has 0 bridgehead atoms. The number of para-hydroxylation sites is 1. The fourth-order valence-corrected chi connectivity index (χ4v) is 2.83. The summed E-state index contributed by atoms with van der Waals surface area (Å²) in [7, 11) is 0. The van der Waals surface area contributed by atoms with Gasteiger partial charge in [-0.2, -0.15) is 0 Å². The predicted octanol–water partition coefficient (Wildman–Crippen LogP) is 3.12. The van der Waals surface area contributed by atoms with E-state index in [1.807, 2.05) is 43.3 Å². The van der Waals surface area contributed by atoms with Gasteiger partial charge in [0.1, 0.15) is 0 Å². The number of nitrogens with zero attached hydrogens (tertiary/aromatic N) is 1. The van der Waals surface area contributed by atoms with E-state index >= 15 is 0 Å². The van der Waals surface area contributed by atoms with Crippen molar-refractivity contribution in [3.63, 3.8) is 0 Å². The number of hydrogen-bond donors (Lipinski definition) is 0. The topological polar surface area (TPSA) is 37.4 Å². The maximum absolute atomic E-state index is 12.5. The van der Waals surface area contributed by atoms with Crippen LogP contribution in [0.5, 0.6) is 0 Å². The van der Waals surface area contributed by atoms with E-state index in [9.17, 15) is 9.59 Å². The van der Waals surface area contributed by atoms with E-state index in [0.717, 1.165) is 5.56 Å². The molecule has 1 fully saturated rings. The van der Waals surface area contributed by atoms with Gasteiger partial charge in [-0.05, 0) is 31.0 Å². The summed E-state index contributed by atoms with van der Waals surface area (Å²) in [6.45, 7) is 2.03. The van der Waals surface area contributed by atoms with Crippen LogP contribution >= 0.6 is 0 Å². The minimum atomic E-state index is -0.250. The van der Waals surface area contributed by atoms with Crippen LogP contribution in [0.1, 0.15) is 17.5 Å². The molecule has 21 heavy (non-hydrogen) atoms. The van der Waals surface area contributed by atoms with Gasteiger partial charge < -0.3 is 0 Å². The van der Waals surface area contributed by atoms with Gasteiger partial charge in [0.05, 0.1) is 11.6 Å². The molecule has 0 saturated carbocycles. The quantitative estimate of drug-likeness (QED) is 0.810. The Hall–Kier alpha value is -2.42. The Labute approximate surface area is 124 Å². The SMILES string of the molecule is Cc1cccc(C[C@@H]2CC(=O)N(c3ccccc3)C2=O)c1.